The highest BCUT2D eigenvalue weighted by Crippen LogP contribution is 2.25. The summed E-state index contributed by atoms with van der Waals surface area (Å²) in [6.07, 6.45) is 6.08. The van der Waals surface area contributed by atoms with E-state index in [1.807, 2.05) is 0 Å². The Labute approximate surface area is 135 Å². The topological polar surface area (TPSA) is 92.4 Å². The van der Waals surface area contributed by atoms with Crippen LogP contribution in [0.3, 0.4) is 0 Å². The quantitative estimate of drug-likeness (QED) is 0.727. The number of amides is 1. The van der Waals surface area contributed by atoms with Gasteiger partial charge in [-0.05, 0) is 36.5 Å². The van der Waals surface area contributed by atoms with Gasteiger partial charge in [-0.2, -0.15) is 0 Å². The SMILES string of the molecule is NC(C(=O)Nc1ccc(CC(=O)O)cc1F)C1CCCCCC1. The molecular weight excluding hydrogens is 299 g/mol. The Morgan fingerprint density at radius 2 is 1.91 bits per heavy atom. The van der Waals surface area contributed by atoms with Gasteiger partial charge in [0, 0.05) is 0 Å². The Hall–Kier alpha value is -1.95. The molecule has 0 saturated heterocycles. The van der Waals surface area contributed by atoms with E-state index in [-0.39, 0.29) is 23.9 Å². The molecule has 1 amide bonds. The number of aliphatic carboxylic acids is 1. The van der Waals surface area contributed by atoms with Crippen molar-refractivity contribution < 1.29 is 19.1 Å². The second-order valence-electron chi connectivity index (χ2n) is 6.15. The maximum atomic E-state index is 14.0. The molecule has 1 aromatic rings. The number of hydrogen-bond donors (Lipinski definition) is 3. The van der Waals surface area contributed by atoms with Crippen molar-refractivity contribution in [1.82, 2.24) is 0 Å². The number of hydrogen-bond acceptors (Lipinski definition) is 3. The lowest BCUT2D eigenvalue weighted by Crippen LogP contribution is -2.42. The smallest absolute Gasteiger partial charge is 0.307 e. The van der Waals surface area contributed by atoms with Crippen molar-refractivity contribution in [2.24, 2.45) is 11.7 Å². The molecule has 2 rings (SSSR count). The molecule has 0 aliphatic heterocycles. The van der Waals surface area contributed by atoms with Gasteiger partial charge < -0.3 is 16.2 Å². The molecule has 1 aliphatic carbocycles. The first kappa shape index (κ1) is 17.4. The van der Waals surface area contributed by atoms with Gasteiger partial charge in [-0.15, -0.1) is 0 Å². The van der Waals surface area contributed by atoms with Crippen LogP contribution in [0.4, 0.5) is 10.1 Å². The van der Waals surface area contributed by atoms with Crippen LogP contribution >= 0.6 is 0 Å². The molecule has 126 valence electrons. The van der Waals surface area contributed by atoms with E-state index in [9.17, 15) is 14.0 Å². The Morgan fingerprint density at radius 3 is 2.48 bits per heavy atom. The number of halogens is 1. The van der Waals surface area contributed by atoms with Crippen LogP contribution in [0.5, 0.6) is 0 Å². The lowest BCUT2D eigenvalue weighted by molar-refractivity contribution is -0.136. The zero-order valence-corrected chi connectivity index (χ0v) is 13.1. The molecule has 1 aliphatic rings. The van der Waals surface area contributed by atoms with E-state index >= 15 is 0 Å². The molecule has 0 aromatic heterocycles. The fourth-order valence-corrected chi connectivity index (χ4v) is 3.04. The summed E-state index contributed by atoms with van der Waals surface area (Å²) in [5.74, 6) is -1.93. The van der Waals surface area contributed by atoms with E-state index < -0.39 is 17.8 Å². The van der Waals surface area contributed by atoms with Gasteiger partial charge in [-0.25, -0.2) is 4.39 Å². The number of nitrogens with two attached hydrogens (primary N) is 1. The summed E-state index contributed by atoms with van der Waals surface area (Å²) in [6.45, 7) is 0. The highest BCUT2D eigenvalue weighted by molar-refractivity contribution is 5.95. The number of carbonyl (C=O) groups excluding carboxylic acids is 1. The summed E-state index contributed by atoms with van der Waals surface area (Å²) in [5.41, 5.74) is 6.43. The summed E-state index contributed by atoms with van der Waals surface area (Å²) >= 11 is 0. The molecule has 5 nitrogen and oxygen atoms in total. The van der Waals surface area contributed by atoms with Crippen molar-refractivity contribution in [3.05, 3.63) is 29.6 Å². The van der Waals surface area contributed by atoms with Gasteiger partial charge >= 0.3 is 5.97 Å². The van der Waals surface area contributed by atoms with E-state index in [0.717, 1.165) is 31.7 Å². The van der Waals surface area contributed by atoms with Crippen LogP contribution in [-0.2, 0) is 16.0 Å². The van der Waals surface area contributed by atoms with Gasteiger partial charge in [0.25, 0.3) is 0 Å². The minimum atomic E-state index is -1.03. The molecule has 23 heavy (non-hydrogen) atoms. The van der Waals surface area contributed by atoms with E-state index in [1.54, 1.807) is 0 Å². The Morgan fingerprint density at radius 1 is 1.26 bits per heavy atom. The highest BCUT2D eigenvalue weighted by Gasteiger charge is 2.26. The van der Waals surface area contributed by atoms with E-state index in [1.165, 1.54) is 25.0 Å². The van der Waals surface area contributed by atoms with Crippen molar-refractivity contribution >= 4 is 17.6 Å². The third-order valence-corrected chi connectivity index (χ3v) is 4.36. The molecule has 1 aromatic carbocycles. The fourth-order valence-electron chi connectivity index (χ4n) is 3.04. The Bertz CT molecular complexity index is 569. The summed E-state index contributed by atoms with van der Waals surface area (Å²) in [7, 11) is 0. The molecule has 1 atom stereocenters. The molecule has 0 bridgehead atoms. The van der Waals surface area contributed by atoms with Crippen LogP contribution in [0.15, 0.2) is 18.2 Å². The first-order chi connectivity index (χ1) is 11.0. The fraction of sp³-hybridized carbons (Fsp3) is 0.529. The van der Waals surface area contributed by atoms with Crippen LogP contribution in [-0.4, -0.2) is 23.0 Å². The maximum Gasteiger partial charge on any atom is 0.307 e. The van der Waals surface area contributed by atoms with Gasteiger partial charge in [0.1, 0.15) is 5.82 Å². The number of nitrogens with one attached hydrogen (secondary N) is 1. The number of benzene rings is 1. The average molecular weight is 322 g/mol. The largest absolute Gasteiger partial charge is 0.481 e. The molecule has 4 N–H and O–H groups in total. The number of carboxylic acid groups (broad SMARTS) is 1. The monoisotopic (exact) mass is 322 g/mol. The summed E-state index contributed by atoms with van der Waals surface area (Å²) in [6, 6.07) is 3.35. The van der Waals surface area contributed by atoms with Crippen molar-refractivity contribution in [2.45, 2.75) is 51.0 Å². The molecule has 1 fully saturated rings. The van der Waals surface area contributed by atoms with Crippen molar-refractivity contribution in [3.8, 4) is 0 Å². The predicted octanol–water partition coefficient (Wildman–Crippen LogP) is 2.69. The first-order valence-corrected chi connectivity index (χ1v) is 8.04. The molecule has 0 radical (unpaired) electrons. The predicted molar refractivity (Wildman–Crippen MR) is 85.5 cm³/mol. The van der Waals surface area contributed by atoms with Crippen LogP contribution in [0.2, 0.25) is 0 Å². The van der Waals surface area contributed by atoms with Crippen LogP contribution in [0, 0.1) is 11.7 Å². The van der Waals surface area contributed by atoms with E-state index in [0.29, 0.717) is 5.56 Å². The third-order valence-electron chi connectivity index (χ3n) is 4.36. The molecule has 6 heteroatoms. The van der Waals surface area contributed by atoms with Gasteiger partial charge in [-0.1, -0.05) is 31.7 Å². The van der Waals surface area contributed by atoms with Gasteiger partial charge in [0.15, 0.2) is 0 Å². The highest BCUT2D eigenvalue weighted by atomic mass is 19.1. The third kappa shape index (κ3) is 5.03. The van der Waals surface area contributed by atoms with Crippen LogP contribution in [0.25, 0.3) is 0 Å². The second kappa shape index (κ2) is 8.06. The Kier molecular flexibility index (Phi) is 6.10. The number of rotatable bonds is 5. The van der Waals surface area contributed by atoms with Crippen molar-refractivity contribution in [3.63, 3.8) is 0 Å². The maximum absolute atomic E-state index is 14.0. The van der Waals surface area contributed by atoms with Crippen molar-refractivity contribution in [2.75, 3.05) is 5.32 Å². The summed E-state index contributed by atoms with van der Waals surface area (Å²) in [4.78, 5) is 22.9. The van der Waals surface area contributed by atoms with E-state index in [4.69, 9.17) is 10.8 Å². The zero-order chi connectivity index (χ0) is 16.8. The lowest BCUT2D eigenvalue weighted by atomic mass is 9.92. The molecule has 1 unspecified atom stereocenters. The van der Waals surface area contributed by atoms with Gasteiger partial charge in [-0.3, -0.25) is 9.59 Å². The molecule has 1 saturated carbocycles. The number of anilines is 1. The van der Waals surface area contributed by atoms with Crippen molar-refractivity contribution in [1.29, 1.82) is 0 Å². The summed E-state index contributed by atoms with van der Waals surface area (Å²) in [5, 5.41) is 11.2. The molecule has 0 heterocycles. The average Bonchev–Trinajstić information content (AvgIpc) is 2.77. The first-order valence-electron chi connectivity index (χ1n) is 8.04. The lowest BCUT2D eigenvalue weighted by Gasteiger charge is -2.21. The number of carboxylic acids is 1. The van der Waals surface area contributed by atoms with Crippen LogP contribution in [0.1, 0.15) is 44.1 Å². The minimum absolute atomic E-state index is 0.0354. The molecular formula is C17H23FN2O3. The van der Waals surface area contributed by atoms with E-state index in [2.05, 4.69) is 5.32 Å². The zero-order valence-electron chi connectivity index (χ0n) is 13.1. The van der Waals surface area contributed by atoms with Gasteiger partial charge in [0.2, 0.25) is 5.91 Å². The standard InChI is InChI=1S/C17H23FN2O3/c18-13-9-11(10-15(21)22)7-8-14(13)20-17(23)16(19)12-5-3-1-2-4-6-12/h7-9,12,16H,1-6,10,19H2,(H,20,23)(H,21,22). The van der Waals surface area contributed by atoms with Crippen LogP contribution < -0.4 is 11.1 Å². The molecule has 0 spiro atoms. The second-order valence-corrected chi connectivity index (χ2v) is 6.15. The minimum Gasteiger partial charge on any atom is -0.481 e. The number of carbonyl (C=O) groups is 2. The normalized spacial score (nSPS) is 17.3. The Balaban J connectivity index is 2.00. The summed E-state index contributed by atoms with van der Waals surface area (Å²) < 4.78 is 14.0. The van der Waals surface area contributed by atoms with Gasteiger partial charge in [0.05, 0.1) is 18.2 Å².